The van der Waals surface area contributed by atoms with Crippen LogP contribution >= 0.6 is 0 Å². The number of carboxylic acids is 1. The number of nitrogens with zero attached hydrogens (tertiary/aromatic N) is 3. The number of carbonyl (C=O) groups is 1. The Hall–Kier alpha value is -3.39. The second-order valence-corrected chi connectivity index (χ2v) is 8.76. The number of ether oxygens (including phenoxy) is 1. The van der Waals surface area contributed by atoms with Crippen LogP contribution in [-0.4, -0.2) is 45.3 Å². The largest absolute Gasteiger partial charge is 0.489 e. The summed E-state index contributed by atoms with van der Waals surface area (Å²) in [4.78, 5) is 18.0. The van der Waals surface area contributed by atoms with E-state index in [-0.39, 0.29) is 18.1 Å². The highest BCUT2D eigenvalue weighted by molar-refractivity contribution is 5.72. The first-order valence-corrected chi connectivity index (χ1v) is 10.9. The molecule has 1 fully saturated rings. The van der Waals surface area contributed by atoms with Crippen molar-refractivity contribution in [3.8, 4) is 28.6 Å². The molecule has 5 rings (SSSR count). The second kappa shape index (κ2) is 7.94. The fourth-order valence-corrected chi connectivity index (χ4v) is 4.64. The number of hydrogen-bond acceptors (Lipinski definition) is 7. The Morgan fingerprint density at radius 2 is 2.09 bits per heavy atom. The maximum absolute atomic E-state index is 11.2. The summed E-state index contributed by atoms with van der Waals surface area (Å²) >= 11 is 0. The van der Waals surface area contributed by atoms with Crippen molar-refractivity contribution in [1.82, 2.24) is 15.0 Å². The molecule has 0 radical (unpaired) electrons. The fourth-order valence-electron chi connectivity index (χ4n) is 4.64. The Balaban J connectivity index is 1.39. The molecule has 1 saturated heterocycles. The van der Waals surface area contributed by atoms with Crippen molar-refractivity contribution >= 4 is 11.7 Å². The minimum atomic E-state index is -0.711. The van der Waals surface area contributed by atoms with Crippen LogP contribution in [0.2, 0.25) is 0 Å². The van der Waals surface area contributed by atoms with Gasteiger partial charge >= 0.3 is 5.97 Å². The third-order valence-electron chi connectivity index (χ3n) is 6.23. The average Bonchev–Trinajstić information content (AvgIpc) is 3.36. The van der Waals surface area contributed by atoms with E-state index in [4.69, 9.17) is 15.0 Å². The van der Waals surface area contributed by atoms with Gasteiger partial charge in [0.15, 0.2) is 0 Å². The number of hydrogen-bond donors (Lipinski definition) is 2. The van der Waals surface area contributed by atoms with Crippen LogP contribution in [0, 0.1) is 5.92 Å². The molecule has 2 aliphatic rings. The fraction of sp³-hybridized carbons (Fsp3) is 0.375. The molecule has 1 unspecified atom stereocenters. The van der Waals surface area contributed by atoms with Crippen LogP contribution in [0.25, 0.3) is 22.8 Å². The highest BCUT2D eigenvalue weighted by Gasteiger charge is 2.40. The van der Waals surface area contributed by atoms with Gasteiger partial charge in [0.1, 0.15) is 5.75 Å². The van der Waals surface area contributed by atoms with Crippen molar-refractivity contribution in [2.75, 3.05) is 18.8 Å². The van der Waals surface area contributed by atoms with E-state index in [1.807, 2.05) is 38.1 Å². The molecule has 1 aliphatic carbocycles. The highest BCUT2D eigenvalue weighted by atomic mass is 16.5. The minimum absolute atomic E-state index is 0.0356. The topological polar surface area (TPSA) is 115 Å². The van der Waals surface area contributed by atoms with E-state index in [9.17, 15) is 9.90 Å². The van der Waals surface area contributed by atoms with Gasteiger partial charge in [0.05, 0.1) is 17.7 Å². The van der Waals surface area contributed by atoms with Crippen LogP contribution in [-0.2, 0) is 11.2 Å². The summed E-state index contributed by atoms with van der Waals surface area (Å²) in [6.07, 6.45) is 1.91. The molecule has 166 valence electrons. The lowest BCUT2D eigenvalue weighted by Crippen LogP contribution is -2.51. The Labute approximate surface area is 186 Å². The number of benzene rings is 2. The molecule has 3 N–H and O–H groups in total. The normalized spacial score (nSPS) is 18.5. The zero-order valence-electron chi connectivity index (χ0n) is 18.1. The summed E-state index contributed by atoms with van der Waals surface area (Å²) in [7, 11) is 0. The third-order valence-corrected chi connectivity index (χ3v) is 6.23. The SMILES string of the molecule is CC(C)Oc1ccc(-c2nc(-c3cccc4c3CCC4N3CC(C(=O)O)C3)no2)cc1N. The Morgan fingerprint density at radius 1 is 1.28 bits per heavy atom. The van der Waals surface area contributed by atoms with E-state index in [0.717, 1.165) is 24.0 Å². The number of nitrogen functional groups attached to an aromatic ring is 1. The monoisotopic (exact) mass is 434 g/mol. The zero-order chi connectivity index (χ0) is 22.4. The van der Waals surface area contributed by atoms with Crippen molar-refractivity contribution in [2.24, 2.45) is 5.92 Å². The molecule has 2 aromatic carbocycles. The van der Waals surface area contributed by atoms with Gasteiger partial charge in [-0.05, 0) is 56.0 Å². The molecule has 32 heavy (non-hydrogen) atoms. The van der Waals surface area contributed by atoms with Gasteiger partial charge < -0.3 is 20.1 Å². The van der Waals surface area contributed by atoms with E-state index >= 15 is 0 Å². The van der Waals surface area contributed by atoms with Crippen LogP contribution in [0.3, 0.4) is 0 Å². The Bertz CT molecular complexity index is 1170. The van der Waals surface area contributed by atoms with Crippen LogP contribution < -0.4 is 10.5 Å². The van der Waals surface area contributed by atoms with E-state index < -0.39 is 5.97 Å². The molecule has 3 aromatic rings. The lowest BCUT2D eigenvalue weighted by Gasteiger charge is -2.41. The molecule has 8 heteroatoms. The maximum atomic E-state index is 11.2. The van der Waals surface area contributed by atoms with Crippen molar-refractivity contribution in [3.63, 3.8) is 0 Å². The number of rotatable bonds is 6. The van der Waals surface area contributed by atoms with Crippen LogP contribution in [0.1, 0.15) is 37.4 Å². The summed E-state index contributed by atoms with van der Waals surface area (Å²) in [5, 5.41) is 13.4. The average molecular weight is 434 g/mol. The van der Waals surface area contributed by atoms with Gasteiger partial charge in [0.25, 0.3) is 5.89 Å². The first-order chi connectivity index (χ1) is 15.4. The van der Waals surface area contributed by atoms with Crippen molar-refractivity contribution in [2.45, 2.75) is 38.8 Å². The standard InChI is InChI=1S/C24H26N4O4/c1-13(2)31-21-9-6-14(10-19(21)25)23-26-22(27-32-23)18-5-3-4-17-16(18)7-8-20(17)28-11-15(12-28)24(29)30/h3-6,9-10,13,15,20H,7-8,11-12,25H2,1-2H3,(H,29,30). The van der Waals surface area contributed by atoms with Crippen molar-refractivity contribution < 1.29 is 19.2 Å². The molecule has 8 nitrogen and oxygen atoms in total. The molecule has 0 bridgehead atoms. The molecule has 2 heterocycles. The molecular weight excluding hydrogens is 408 g/mol. The lowest BCUT2D eigenvalue weighted by atomic mass is 9.94. The van der Waals surface area contributed by atoms with E-state index in [2.05, 4.69) is 21.1 Å². The quantitative estimate of drug-likeness (QED) is 0.564. The second-order valence-electron chi connectivity index (χ2n) is 8.76. The van der Waals surface area contributed by atoms with Gasteiger partial charge in [-0.25, -0.2) is 0 Å². The summed E-state index contributed by atoms with van der Waals surface area (Å²) in [5.41, 5.74) is 10.8. The smallest absolute Gasteiger partial charge is 0.309 e. The van der Waals surface area contributed by atoms with E-state index in [0.29, 0.717) is 36.2 Å². The molecule has 1 aromatic heterocycles. The predicted molar refractivity (Wildman–Crippen MR) is 119 cm³/mol. The Morgan fingerprint density at radius 3 is 2.81 bits per heavy atom. The number of aromatic nitrogens is 2. The van der Waals surface area contributed by atoms with Gasteiger partial charge in [-0.1, -0.05) is 23.4 Å². The van der Waals surface area contributed by atoms with Gasteiger partial charge in [-0.15, -0.1) is 0 Å². The number of anilines is 1. The number of carboxylic acid groups (broad SMARTS) is 1. The first-order valence-electron chi connectivity index (χ1n) is 10.9. The molecule has 0 amide bonds. The number of fused-ring (bicyclic) bond motifs is 1. The van der Waals surface area contributed by atoms with Crippen LogP contribution in [0.15, 0.2) is 40.9 Å². The zero-order valence-corrected chi connectivity index (χ0v) is 18.1. The van der Waals surface area contributed by atoms with Crippen LogP contribution in [0.5, 0.6) is 5.75 Å². The lowest BCUT2D eigenvalue weighted by molar-refractivity contribution is -0.148. The van der Waals surface area contributed by atoms with E-state index in [1.54, 1.807) is 6.07 Å². The Kier molecular flexibility index (Phi) is 5.09. The van der Waals surface area contributed by atoms with Gasteiger partial charge in [0.2, 0.25) is 5.82 Å². The van der Waals surface area contributed by atoms with E-state index in [1.165, 1.54) is 11.1 Å². The van der Waals surface area contributed by atoms with Crippen molar-refractivity contribution in [3.05, 3.63) is 47.5 Å². The third kappa shape index (κ3) is 3.60. The molecule has 0 spiro atoms. The summed E-state index contributed by atoms with van der Waals surface area (Å²) in [5.74, 6) is 0.614. The first kappa shape index (κ1) is 20.5. The van der Waals surface area contributed by atoms with Gasteiger partial charge in [-0.2, -0.15) is 4.98 Å². The molecule has 1 atom stereocenters. The number of nitrogens with two attached hydrogens (primary N) is 1. The summed E-state index contributed by atoms with van der Waals surface area (Å²) in [6, 6.07) is 11.9. The molecular formula is C24H26N4O4. The predicted octanol–water partition coefficient (Wildman–Crippen LogP) is 3.78. The number of likely N-dealkylation sites (tertiary alicyclic amines) is 1. The maximum Gasteiger partial charge on any atom is 0.309 e. The molecule has 0 saturated carbocycles. The molecule has 1 aliphatic heterocycles. The number of aliphatic carboxylic acids is 1. The van der Waals surface area contributed by atoms with Crippen LogP contribution in [0.4, 0.5) is 5.69 Å². The minimum Gasteiger partial charge on any atom is -0.489 e. The summed E-state index contributed by atoms with van der Waals surface area (Å²) in [6.45, 7) is 5.11. The van der Waals surface area contributed by atoms with Gasteiger partial charge in [-0.3, -0.25) is 9.69 Å². The van der Waals surface area contributed by atoms with Crippen molar-refractivity contribution in [1.29, 1.82) is 0 Å². The summed E-state index contributed by atoms with van der Waals surface area (Å²) < 4.78 is 11.3. The van der Waals surface area contributed by atoms with Gasteiger partial charge in [0, 0.05) is 30.3 Å². The highest BCUT2D eigenvalue weighted by Crippen LogP contribution is 2.42.